The van der Waals surface area contributed by atoms with Crippen LogP contribution >= 0.6 is 0 Å². The summed E-state index contributed by atoms with van der Waals surface area (Å²) in [7, 11) is 0. The Labute approximate surface area is 752 Å². The van der Waals surface area contributed by atoms with Gasteiger partial charge in [-0.15, -0.1) is 0 Å². The van der Waals surface area contributed by atoms with E-state index in [1.807, 2.05) is 40.7 Å². The number of carbonyl (C=O) groups excluding carboxylic acids is 4. The van der Waals surface area contributed by atoms with Crippen LogP contribution in [-0.2, 0) is 45.4 Å². The van der Waals surface area contributed by atoms with Crippen LogP contribution in [0.3, 0.4) is 0 Å². The molecule has 4 aromatic heterocycles. The van der Waals surface area contributed by atoms with Gasteiger partial charge in [0.05, 0.1) is 86.5 Å². The normalized spacial score (nSPS) is 49.6. The molecule has 692 valence electrons. The molecule has 4 aromatic rings. The van der Waals surface area contributed by atoms with Crippen molar-refractivity contribution in [2.45, 2.75) is 315 Å². The minimum absolute atomic E-state index is 0.0321. The number of fused-ring (bicyclic) bond motifs is 28. The summed E-state index contributed by atoms with van der Waals surface area (Å²) in [5.41, 5.74) is -0.634. The molecule has 0 radical (unpaired) electrons. The number of ketones is 4. The van der Waals surface area contributed by atoms with Crippen LogP contribution in [0.15, 0.2) is 43.2 Å². The molecule has 19 nitrogen and oxygen atoms in total. The number of hydrogen-bond donors (Lipinski definition) is 4. The fourth-order valence-electron chi connectivity index (χ4n) is 37.7. The molecule has 24 rings (SSSR count). The number of aromatic nitrogens is 8. The van der Waals surface area contributed by atoms with E-state index in [-0.39, 0.29) is 106 Å². The van der Waals surface area contributed by atoms with Gasteiger partial charge in [-0.25, -0.2) is 31.6 Å². The van der Waals surface area contributed by atoms with Crippen LogP contribution in [0.4, 0.5) is 33.3 Å². The summed E-state index contributed by atoms with van der Waals surface area (Å²) >= 11 is 0. The van der Waals surface area contributed by atoms with Crippen LogP contribution in [0.1, 0.15) is 259 Å². The highest BCUT2D eigenvalue weighted by Crippen LogP contribution is 2.83. The van der Waals surface area contributed by atoms with E-state index < -0.39 is 69.8 Å². The number of aliphatic hydroxyl groups is 4. The maximum atomic E-state index is 15.1. The topological polar surface area (TPSA) is 253 Å². The Morgan fingerprint density at radius 1 is 0.414 bits per heavy atom. The molecule has 0 aliphatic heterocycles. The van der Waals surface area contributed by atoms with Gasteiger partial charge < -0.3 is 20.4 Å². The van der Waals surface area contributed by atoms with Crippen LogP contribution < -0.4 is 0 Å². The Hall–Kier alpha value is -6.52. The quantitative estimate of drug-likeness (QED) is 0.0761. The molecule has 24 heteroatoms. The van der Waals surface area contributed by atoms with Crippen molar-refractivity contribution in [1.82, 2.24) is 39.1 Å². The Morgan fingerprint density at radius 3 is 1.13 bits per heavy atom. The summed E-state index contributed by atoms with van der Waals surface area (Å²) in [5, 5.41) is 68.0. The Kier molecular flexibility index (Phi) is 21.2. The molecule has 4 N–H and O–H groups in total. The number of Topliss-reactive ketones (excluding diaryl/α,β-unsaturated/α-hetero) is 4. The van der Waals surface area contributed by atoms with Crippen LogP contribution in [0, 0.1) is 248 Å². The summed E-state index contributed by atoms with van der Waals surface area (Å²) in [4.78, 5) is 60.8. The molecule has 0 saturated heterocycles. The predicted molar refractivity (Wildman–Crippen MR) is 466 cm³/mol. The van der Waals surface area contributed by atoms with Gasteiger partial charge in [0.1, 0.15) is 6.07 Å². The zero-order chi connectivity index (χ0) is 89.9. The SMILES string of the molecule is C[C@@]1(O)CC[C@H]2[C@H](CC[C@@H]3[C@@H]2CC[C@@]2(C)[C@H]3[C@@H]3C[C@@H]3[C@@H]2C(=O)Cn2cc(F)cn2)C1.C[C@@]1(O)CC[C@H]2[C@H](CC[C@@H]3[C@@H]2CC[C@@]2(C)[C@H]3[C@H]3[C@@H]([C@@H]2C(=O)Cn2ccc(C#N)n2)C3(F)F)C1.[C-]#[N+]c1cnn(CC(=O)[C@H]2[C@@H]3[C@H]([C@H]4[C@@H]5CC[C@@H]6C[C@](C)(O)CC[C@@H]6[C@H]5CC[C@@]42C)C3(F)F)c1.[C-]#[N+]c1cnn(CC(=O)[C@H]2[C@H]3C[C@H]3[C@H]3[C@@H]4CC[C@@H]5C[C@](C)(O)CC[C@@H]5[C@H]4CC[C@@]32C)c1C. The zero-order valence-electron chi connectivity index (χ0n) is 76.8. The maximum absolute atomic E-state index is 15.1. The number of rotatable bonds is 12. The maximum Gasteiger partial charge on any atom is 0.255 e. The smallest absolute Gasteiger partial charge is 0.255 e. The molecule has 128 heavy (non-hydrogen) atoms. The third-order valence-electron chi connectivity index (χ3n) is 42.3. The summed E-state index contributed by atoms with van der Waals surface area (Å²) < 4.78 is 80.0. The molecule has 0 amide bonds. The van der Waals surface area contributed by atoms with Crippen molar-refractivity contribution in [2.75, 3.05) is 0 Å². The summed E-state index contributed by atoms with van der Waals surface area (Å²) in [6, 6.07) is 3.50. The zero-order valence-corrected chi connectivity index (χ0v) is 76.8. The average molecular weight is 1770 g/mol. The fraction of sp³-hybridized carbons (Fsp3) is 0.817. The Morgan fingerprint density at radius 2 is 0.773 bits per heavy atom. The standard InChI is InChI=1S/C27H37N3O2.2C26H33F2N3O2.C25H35FN2O2/c1-15-22(28-4)13-29-30(15)14-23(31)25-21-11-20(21)24-19-6-5-16-12-26(2,32)9-7-17(16)18(19)8-10-27(24,25)3;1-24(33)8-6-16-14(10-24)4-5-18-17(16)7-9-25(2)20(18)22-23(26(22,27)28)21(25)19(32)13-31-12-15(29-3)11-30-31;1-24(33)8-5-16-14(11-24)3-4-18-17(16)6-9-25(2)20(18)22-23(26(22,27)28)21(25)19(32)13-31-10-7-15(12-29)30-31;1-24(30)7-5-16-14(10-24)3-4-18-17(16)6-8-25(2)22(18)19-9-20(19)23(25)21(29)13-28-12-15(26)11-27-28/h13,16-21,24-25,32H,5-12,14H2,1-3H3;11-12,14,16-18,20-23,33H,4-10,13H2,1-2H3;7,10,14,16-18,20-23,33H,3-6,8-9,11,13H2,1-2H3;11-12,14,16-20,22-23,30H,3-10,13H2,1-2H3/t16-,17+,18-,19-,20-,21+,24-,25-,26-,27+;2*14-,16+,17-,18-,20-,21+,22+,23-,24-,25+;14-,16+,17-,18-,19-,20+,22-,23-,24-,25+/m1111/s1. The Bertz CT molecular complexity index is 5000. The highest BCUT2D eigenvalue weighted by Gasteiger charge is 2.87. The van der Waals surface area contributed by atoms with Crippen LogP contribution in [0.25, 0.3) is 9.69 Å². The van der Waals surface area contributed by atoms with Crippen LogP contribution in [0.5, 0.6) is 0 Å². The summed E-state index contributed by atoms with van der Waals surface area (Å²) in [5.74, 6) is 3.98. The molecule has 40 atom stereocenters. The lowest BCUT2D eigenvalue weighted by molar-refractivity contribution is -0.146. The van der Waals surface area contributed by atoms with Crippen molar-refractivity contribution in [3.05, 3.63) is 83.3 Å². The molecule has 20 aliphatic rings. The van der Waals surface area contributed by atoms with Gasteiger partial charge in [-0.3, -0.25) is 37.9 Å². The van der Waals surface area contributed by atoms with E-state index in [4.69, 9.17) is 18.4 Å². The monoisotopic (exact) mass is 1760 g/mol. The fourth-order valence-corrected chi connectivity index (χ4v) is 37.7. The number of nitrogens with zero attached hydrogens (tertiary/aromatic N) is 11. The van der Waals surface area contributed by atoms with E-state index in [0.29, 0.717) is 94.7 Å². The lowest BCUT2D eigenvalue weighted by Crippen LogP contribution is -2.53. The second-order valence-electron chi connectivity index (χ2n) is 49.2. The highest BCUT2D eigenvalue weighted by molar-refractivity contribution is 5.85. The van der Waals surface area contributed by atoms with Crippen molar-refractivity contribution >= 4 is 34.5 Å². The molecule has 0 bridgehead atoms. The lowest BCUT2D eigenvalue weighted by Gasteiger charge is -2.57. The molecular weight excluding hydrogens is 1630 g/mol. The van der Waals surface area contributed by atoms with Gasteiger partial charge in [0.2, 0.25) is 11.4 Å². The van der Waals surface area contributed by atoms with E-state index in [1.165, 1.54) is 109 Å². The van der Waals surface area contributed by atoms with Crippen molar-refractivity contribution in [3.8, 4) is 6.07 Å². The minimum Gasteiger partial charge on any atom is -0.390 e. The van der Waals surface area contributed by atoms with Crippen molar-refractivity contribution < 1.29 is 61.6 Å². The number of hydrogen-bond acceptors (Lipinski definition) is 13. The second-order valence-corrected chi connectivity index (χ2v) is 49.2. The van der Waals surface area contributed by atoms with Crippen molar-refractivity contribution in [2.24, 2.45) is 211 Å². The van der Waals surface area contributed by atoms with Crippen LogP contribution in [-0.4, -0.2) is 117 Å². The van der Waals surface area contributed by atoms with Gasteiger partial charge in [0.25, 0.3) is 11.8 Å². The number of carbonyl (C=O) groups is 4. The van der Waals surface area contributed by atoms with Crippen molar-refractivity contribution in [1.29, 1.82) is 5.26 Å². The first-order valence-corrected chi connectivity index (χ1v) is 50.3. The lowest BCUT2D eigenvalue weighted by atomic mass is 9.47. The van der Waals surface area contributed by atoms with Crippen LogP contribution in [0.2, 0.25) is 0 Å². The van der Waals surface area contributed by atoms with Gasteiger partial charge in [0, 0.05) is 65.4 Å². The van der Waals surface area contributed by atoms with Gasteiger partial charge >= 0.3 is 0 Å². The molecular formula is C104H138F5N11O8. The molecule has 20 aliphatic carbocycles. The first-order chi connectivity index (χ1) is 60.6. The highest BCUT2D eigenvalue weighted by atomic mass is 19.3. The first kappa shape index (κ1) is 88.1. The third kappa shape index (κ3) is 14.2. The van der Waals surface area contributed by atoms with Gasteiger partial charge in [0.15, 0.2) is 34.6 Å². The number of nitriles is 1. The molecule has 20 fully saturated rings. The van der Waals surface area contributed by atoms with Gasteiger partial charge in [-0.05, 0) is 397 Å². The first-order valence-electron chi connectivity index (χ1n) is 50.3. The summed E-state index contributed by atoms with van der Waals surface area (Å²) in [6.45, 7) is 33.8. The largest absolute Gasteiger partial charge is 0.390 e. The molecule has 20 saturated carbocycles. The second kappa shape index (κ2) is 30.8. The molecule has 0 aromatic carbocycles. The van der Waals surface area contributed by atoms with Crippen molar-refractivity contribution in [3.63, 3.8) is 0 Å². The minimum atomic E-state index is -2.75. The number of alkyl halides is 4. The van der Waals surface area contributed by atoms with Gasteiger partial charge in [-0.1, -0.05) is 27.7 Å². The predicted octanol–water partition coefficient (Wildman–Crippen LogP) is 19.2. The van der Waals surface area contributed by atoms with E-state index in [9.17, 15) is 44.0 Å². The molecule has 0 spiro atoms. The summed E-state index contributed by atoms with van der Waals surface area (Å²) in [6.07, 6.45) is 40.3. The molecule has 4 heterocycles. The van der Waals surface area contributed by atoms with E-state index in [1.54, 1.807) is 23.1 Å². The third-order valence-corrected chi connectivity index (χ3v) is 42.3. The number of halogens is 5. The Balaban J connectivity index is 0.000000104. The van der Waals surface area contributed by atoms with E-state index >= 15 is 17.6 Å². The average Bonchev–Trinajstić information content (AvgIpc) is 1.48. The van der Waals surface area contributed by atoms with E-state index in [0.717, 1.165) is 175 Å². The van der Waals surface area contributed by atoms with Gasteiger partial charge in [-0.2, -0.15) is 25.7 Å². The van der Waals surface area contributed by atoms with E-state index in [2.05, 4.69) is 57.8 Å². The molecule has 0 unspecified atom stereocenters.